The molecule has 4 rings (SSSR count). The lowest BCUT2D eigenvalue weighted by molar-refractivity contribution is -0.146. The Hall–Kier alpha value is -6.26. The second-order valence-electron chi connectivity index (χ2n) is 18.8. The van der Waals surface area contributed by atoms with E-state index in [-0.39, 0.29) is 74.3 Å². The highest BCUT2D eigenvalue weighted by molar-refractivity contribution is 5.93. The molecule has 17 heteroatoms. The van der Waals surface area contributed by atoms with E-state index in [0.717, 1.165) is 32.7 Å². The highest BCUT2D eigenvalue weighted by Crippen LogP contribution is 2.22. The maximum atomic E-state index is 14.0. The summed E-state index contributed by atoms with van der Waals surface area (Å²) in [6, 6.07) is 24.3. The molecule has 0 heterocycles. The first-order valence-electron chi connectivity index (χ1n) is 23.5. The minimum absolute atomic E-state index is 0. The van der Waals surface area contributed by atoms with E-state index in [0.29, 0.717) is 19.3 Å². The maximum absolute atomic E-state index is 14.0. The fourth-order valence-electron chi connectivity index (χ4n) is 7.83. The highest BCUT2D eigenvalue weighted by Gasteiger charge is 2.36. The molecule has 0 radical (unpaired) electrons. The third-order valence-electron chi connectivity index (χ3n) is 11.2. The molecular weight excluding hydrogens is 916 g/mol. The molecule has 70 heavy (non-hydrogen) atoms. The number of hydrogen-bond acceptors (Lipinski definition) is 11. The monoisotopic (exact) mass is 991 g/mol. The van der Waals surface area contributed by atoms with Gasteiger partial charge in [0.15, 0.2) is 0 Å². The van der Waals surface area contributed by atoms with Gasteiger partial charge in [0.05, 0.1) is 33.1 Å². The molecule has 0 unspecified atom stereocenters. The zero-order valence-electron chi connectivity index (χ0n) is 42.7. The van der Waals surface area contributed by atoms with Crippen LogP contribution < -0.4 is 21.7 Å². The molecule has 0 saturated heterocycles. The summed E-state index contributed by atoms with van der Waals surface area (Å²) in [4.78, 5) is 92.4. The topological polar surface area (TPSA) is 216 Å². The normalized spacial score (nSPS) is 12.8. The van der Waals surface area contributed by atoms with Crippen molar-refractivity contribution < 1.29 is 47.8 Å². The van der Waals surface area contributed by atoms with Crippen molar-refractivity contribution in [3.63, 3.8) is 0 Å². The number of carbonyl (C=O) groups is 7. The highest BCUT2D eigenvalue weighted by atomic mass is 35.5. The summed E-state index contributed by atoms with van der Waals surface area (Å²) < 4.78 is 14.9. The van der Waals surface area contributed by atoms with Gasteiger partial charge in [-0.05, 0) is 78.1 Å². The number of hydrogen-bond donors (Lipinski definition) is 4. The zero-order valence-corrected chi connectivity index (χ0v) is 43.5. The van der Waals surface area contributed by atoms with E-state index in [9.17, 15) is 33.6 Å². The average Bonchev–Trinajstić information content (AvgIpc) is 3.31. The van der Waals surface area contributed by atoms with Crippen LogP contribution in [0, 0.1) is 11.8 Å². The molecule has 0 aliphatic rings. The number of ether oxygens (including phenoxy) is 3. The van der Waals surface area contributed by atoms with Gasteiger partial charge in [0.1, 0.15) is 23.7 Å². The standard InChI is InChI=1S/C29H41N3O6.C24H33N3O4.ClH/c1-19(2)16-23(31-28(36)38-29(3,4)5)27(35)32(15-14-25(33)37-7)24(26(34)30-6)18-20-12-13-21-10-8-9-11-22(21)17-20;1-16(2)13-20(25)24(30)27(12-11-22(28)31-4)21(23(29)26-3)15-17-9-10-18-7-5-6-8-19(18)14-17;/h8-13,17,19,23-24H,14-16,18H2,1-7H3,(H,30,34)(H,31,36);5-10,14,16,20-21H,11-13,15,25H2,1-4H3,(H,26,29);1H/t23-,24-;20-,21-;/m00./s1. The summed E-state index contributed by atoms with van der Waals surface area (Å²) in [5.74, 6) is -2.17. The van der Waals surface area contributed by atoms with Gasteiger partial charge >= 0.3 is 18.0 Å². The number of rotatable bonds is 21. The molecule has 4 aromatic carbocycles. The van der Waals surface area contributed by atoms with Crippen molar-refractivity contribution in [3.8, 4) is 0 Å². The molecule has 4 atom stereocenters. The third-order valence-corrected chi connectivity index (χ3v) is 11.2. The lowest BCUT2D eigenvalue weighted by Crippen LogP contribution is -2.57. The Morgan fingerprint density at radius 3 is 1.37 bits per heavy atom. The van der Waals surface area contributed by atoms with E-state index in [2.05, 4.69) is 16.0 Å². The van der Waals surface area contributed by atoms with E-state index in [1.54, 1.807) is 20.8 Å². The fourth-order valence-corrected chi connectivity index (χ4v) is 7.83. The van der Waals surface area contributed by atoms with Crippen LogP contribution in [0.2, 0.25) is 0 Å². The number of alkyl carbamates (subject to hydrolysis) is 1. The van der Waals surface area contributed by atoms with E-state index < -0.39 is 53.7 Å². The first-order valence-corrected chi connectivity index (χ1v) is 23.5. The van der Waals surface area contributed by atoms with Crippen LogP contribution in [-0.4, -0.2) is 123 Å². The van der Waals surface area contributed by atoms with Crippen LogP contribution >= 0.6 is 12.4 Å². The number of methoxy groups -OCH3 is 2. The van der Waals surface area contributed by atoms with Gasteiger partial charge in [-0.25, -0.2) is 4.79 Å². The Morgan fingerprint density at radius 2 is 1.00 bits per heavy atom. The number of fused-ring (bicyclic) bond motifs is 2. The van der Waals surface area contributed by atoms with Gasteiger partial charge in [-0.1, -0.05) is 113 Å². The molecular formula is C53H75ClN6O10. The van der Waals surface area contributed by atoms with Crippen LogP contribution in [0.5, 0.6) is 0 Å². The van der Waals surface area contributed by atoms with Crippen LogP contribution in [0.3, 0.4) is 0 Å². The third kappa shape index (κ3) is 19.3. The molecule has 5 N–H and O–H groups in total. The van der Waals surface area contributed by atoms with Gasteiger partial charge in [0, 0.05) is 40.0 Å². The van der Waals surface area contributed by atoms with Gasteiger partial charge in [-0.3, -0.25) is 28.8 Å². The SMILES string of the molecule is CNC(=O)[C@H](Cc1ccc2ccccc2c1)N(CCC(=O)OC)C(=O)[C@@H](N)CC(C)C.CNC(=O)[C@H](Cc1ccc2ccccc2c1)N(CCC(=O)OC)C(=O)[C@H](CC(C)C)NC(=O)OC(C)(C)C.Cl. The van der Waals surface area contributed by atoms with Crippen LogP contribution in [0.25, 0.3) is 21.5 Å². The number of nitrogens with two attached hydrogens (primary N) is 1. The first-order chi connectivity index (χ1) is 32.6. The number of nitrogens with one attached hydrogen (secondary N) is 3. The Labute approximate surface area is 419 Å². The number of nitrogens with zero attached hydrogens (tertiary/aromatic N) is 2. The predicted molar refractivity (Wildman–Crippen MR) is 275 cm³/mol. The molecule has 0 fully saturated rings. The molecule has 0 bridgehead atoms. The molecule has 0 saturated carbocycles. The minimum Gasteiger partial charge on any atom is -0.469 e. The number of amides is 5. The van der Waals surface area contributed by atoms with Crippen molar-refractivity contribution >= 4 is 75.6 Å². The summed E-state index contributed by atoms with van der Waals surface area (Å²) >= 11 is 0. The van der Waals surface area contributed by atoms with Gasteiger partial charge in [-0.2, -0.15) is 0 Å². The lowest BCUT2D eigenvalue weighted by Gasteiger charge is -2.34. The van der Waals surface area contributed by atoms with E-state index in [4.69, 9.17) is 19.9 Å². The van der Waals surface area contributed by atoms with Crippen LogP contribution in [0.15, 0.2) is 84.9 Å². The number of benzene rings is 4. The second kappa shape index (κ2) is 29.0. The Kier molecular flexibility index (Phi) is 24.8. The molecule has 5 amide bonds. The minimum atomic E-state index is -0.953. The van der Waals surface area contributed by atoms with Crippen LogP contribution in [0.1, 0.15) is 85.3 Å². The van der Waals surface area contributed by atoms with Crippen molar-refractivity contribution in [2.24, 2.45) is 17.6 Å². The number of likely N-dealkylation sites (N-methyl/N-ethyl adjacent to an activating group) is 2. The Bertz CT molecular complexity index is 2370. The Balaban J connectivity index is 0.000000483. The summed E-state index contributed by atoms with van der Waals surface area (Å²) in [5, 5.41) is 12.2. The van der Waals surface area contributed by atoms with Gasteiger partial charge in [0.25, 0.3) is 0 Å². The summed E-state index contributed by atoms with van der Waals surface area (Å²) in [7, 11) is 5.60. The van der Waals surface area contributed by atoms with E-state index >= 15 is 0 Å². The molecule has 0 aliphatic carbocycles. The molecule has 0 spiro atoms. The Morgan fingerprint density at radius 1 is 0.600 bits per heavy atom. The van der Waals surface area contributed by atoms with Crippen molar-refractivity contribution in [1.82, 2.24) is 25.8 Å². The largest absolute Gasteiger partial charge is 0.469 e. The predicted octanol–water partition coefficient (Wildman–Crippen LogP) is 6.51. The van der Waals surface area contributed by atoms with Gasteiger partial charge in [0.2, 0.25) is 23.6 Å². The molecule has 4 aromatic rings. The number of carbonyl (C=O) groups excluding carboxylic acids is 7. The lowest BCUT2D eigenvalue weighted by atomic mass is 9.97. The van der Waals surface area contributed by atoms with Crippen molar-refractivity contribution in [2.45, 2.75) is 117 Å². The molecule has 384 valence electrons. The quantitative estimate of drug-likeness (QED) is 0.0521. The van der Waals surface area contributed by atoms with Gasteiger partial charge in [-0.15, -0.1) is 12.4 Å². The zero-order chi connectivity index (χ0) is 51.4. The smallest absolute Gasteiger partial charge is 0.408 e. The van der Waals surface area contributed by atoms with Crippen molar-refractivity contribution in [2.75, 3.05) is 41.4 Å². The summed E-state index contributed by atoms with van der Waals surface area (Å²) in [6.45, 7) is 13.0. The van der Waals surface area contributed by atoms with Gasteiger partial charge < -0.3 is 45.7 Å². The first kappa shape index (κ1) is 59.9. The summed E-state index contributed by atoms with van der Waals surface area (Å²) in [5.41, 5.74) is 7.19. The van der Waals surface area contributed by atoms with E-state index in [1.165, 1.54) is 38.1 Å². The number of esters is 2. The van der Waals surface area contributed by atoms with Crippen molar-refractivity contribution in [1.29, 1.82) is 0 Å². The van der Waals surface area contributed by atoms with Crippen molar-refractivity contribution in [3.05, 3.63) is 96.1 Å². The molecule has 16 nitrogen and oxygen atoms in total. The molecule has 0 aliphatic heterocycles. The maximum Gasteiger partial charge on any atom is 0.408 e. The van der Waals surface area contributed by atoms with E-state index in [1.807, 2.05) is 113 Å². The number of halogens is 1. The van der Waals surface area contributed by atoms with Crippen LogP contribution in [-0.2, 0) is 55.8 Å². The average molecular weight is 992 g/mol. The molecule has 0 aromatic heterocycles. The fraction of sp³-hybridized carbons (Fsp3) is 0.491. The van der Waals surface area contributed by atoms with Crippen LogP contribution in [0.4, 0.5) is 4.79 Å². The second-order valence-corrected chi connectivity index (χ2v) is 18.8. The summed E-state index contributed by atoms with van der Waals surface area (Å²) in [6.07, 6.45) is 0.503.